The average Bonchev–Trinajstić information content (AvgIpc) is 2.12. The minimum Gasteiger partial charge on any atom is -0.495 e. The lowest BCUT2D eigenvalue weighted by Crippen LogP contribution is -1.89. The largest absolute Gasteiger partial charge is 0.495 e. The van der Waals surface area contributed by atoms with Crippen molar-refractivity contribution in [2.45, 2.75) is 0 Å². The van der Waals surface area contributed by atoms with Gasteiger partial charge in [-0.1, -0.05) is 0 Å². The Labute approximate surface area is 74.3 Å². The number of nitrogens with zero attached hydrogens (tertiary/aromatic N) is 1. The van der Waals surface area contributed by atoms with E-state index < -0.39 is 10.4 Å². The summed E-state index contributed by atoms with van der Waals surface area (Å²) in [7, 11) is -4.67. The van der Waals surface area contributed by atoms with Gasteiger partial charge in [0.15, 0.2) is 0 Å². The molecule has 0 aromatic rings. The fraction of sp³-hybridized carbons (Fsp3) is 0.200. The van der Waals surface area contributed by atoms with Gasteiger partial charge in [0.2, 0.25) is 0 Å². The molecule has 0 saturated carbocycles. The number of carbonyl (C=O) groups excluding carboxylic acids is 1. The van der Waals surface area contributed by atoms with Gasteiger partial charge in [-0.15, -0.1) is 0 Å². The summed E-state index contributed by atoms with van der Waals surface area (Å²) in [5, 5.41) is 0. The summed E-state index contributed by atoms with van der Waals surface area (Å²) in [6, 6.07) is 0. The first-order chi connectivity index (χ1) is 5.89. The first-order valence-corrected chi connectivity index (χ1v) is 4.34. The molecule has 2 N–H and O–H groups in total. The first kappa shape index (κ1) is 11.8. The van der Waals surface area contributed by atoms with E-state index in [0.717, 1.165) is 0 Å². The molecule has 1 aliphatic rings. The molecular weight excluding hydrogens is 202 g/mol. The number of hydrogen-bond donors (Lipinski definition) is 2. The first-order valence-electron chi connectivity index (χ1n) is 2.94. The Balaban J connectivity index is 0.000000252. The zero-order valence-electron chi connectivity index (χ0n) is 6.32. The molecule has 0 radical (unpaired) electrons. The molecule has 8 heteroatoms. The molecule has 0 saturated heterocycles. The molecule has 7 nitrogen and oxygen atoms in total. The topological polar surface area (TPSA) is 113 Å². The minimum atomic E-state index is -4.67. The quantitative estimate of drug-likeness (QED) is 0.518. The summed E-state index contributed by atoms with van der Waals surface area (Å²) in [5.41, 5.74) is 0. The second-order valence-corrected chi connectivity index (χ2v) is 2.63. The maximum atomic E-state index is 10.3. The van der Waals surface area contributed by atoms with Crippen molar-refractivity contribution in [2.24, 2.45) is 4.99 Å². The second-order valence-electron chi connectivity index (χ2n) is 1.73. The van der Waals surface area contributed by atoms with Gasteiger partial charge in [0.1, 0.15) is 6.61 Å². The maximum absolute atomic E-state index is 10.3. The Bertz CT molecular complexity index is 292. The molecule has 1 amide bonds. The lowest BCUT2D eigenvalue weighted by Gasteiger charge is -1.84. The molecule has 1 aliphatic heterocycles. The van der Waals surface area contributed by atoms with Crippen molar-refractivity contribution in [1.82, 2.24) is 0 Å². The molecule has 0 aliphatic carbocycles. The summed E-state index contributed by atoms with van der Waals surface area (Å²) in [6.07, 6.45) is 4.06. The number of aliphatic imine (C=N–C) groups is 1. The lowest BCUT2D eigenvalue weighted by molar-refractivity contribution is -0.113. The van der Waals surface area contributed by atoms with Gasteiger partial charge in [-0.25, -0.2) is 4.99 Å². The van der Waals surface area contributed by atoms with Crippen molar-refractivity contribution in [2.75, 3.05) is 6.61 Å². The van der Waals surface area contributed by atoms with Crippen LogP contribution in [0.2, 0.25) is 0 Å². The number of ether oxygens (including phenoxy) is 1. The normalized spacial score (nSPS) is 15.4. The van der Waals surface area contributed by atoms with Gasteiger partial charge in [-0.2, -0.15) is 8.42 Å². The minimum absolute atomic E-state index is 0.262. The predicted molar refractivity (Wildman–Crippen MR) is 42.8 cm³/mol. The van der Waals surface area contributed by atoms with Crippen LogP contribution in [0.4, 0.5) is 0 Å². The van der Waals surface area contributed by atoms with Crippen LogP contribution in [0.25, 0.3) is 0 Å². The fourth-order valence-electron chi connectivity index (χ4n) is 0.375. The Kier molecular flexibility index (Phi) is 4.89. The molecule has 74 valence electrons. The Morgan fingerprint density at radius 1 is 1.46 bits per heavy atom. The van der Waals surface area contributed by atoms with Crippen molar-refractivity contribution >= 4 is 22.5 Å². The molecule has 0 spiro atoms. The van der Waals surface area contributed by atoms with E-state index in [2.05, 4.69) is 4.99 Å². The van der Waals surface area contributed by atoms with Crippen LogP contribution in [0.1, 0.15) is 0 Å². The monoisotopic (exact) mass is 209 g/mol. The molecule has 0 bridgehead atoms. The molecule has 0 atom stereocenters. The van der Waals surface area contributed by atoms with E-state index in [4.69, 9.17) is 22.3 Å². The van der Waals surface area contributed by atoms with Crippen LogP contribution < -0.4 is 0 Å². The van der Waals surface area contributed by atoms with Crippen molar-refractivity contribution < 1.29 is 27.1 Å². The third-order valence-electron chi connectivity index (χ3n) is 0.696. The van der Waals surface area contributed by atoms with Gasteiger partial charge < -0.3 is 4.74 Å². The average molecular weight is 209 g/mol. The highest BCUT2D eigenvalue weighted by Crippen LogP contribution is 1.84. The van der Waals surface area contributed by atoms with Crippen molar-refractivity contribution in [1.29, 1.82) is 0 Å². The van der Waals surface area contributed by atoms with Gasteiger partial charge in [0.25, 0.3) is 5.91 Å². The standard InChI is InChI=1S/C5H5NO2.H2O4S/c7-5-1-3-8-4-2-6-5;1-5(2,3)4/h1-3H,4H2;(H2,1,2,3,4). The van der Waals surface area contributed by atoms with Crippen LogP contribution in [0, 0.1) is 0 Å². The fourth-order valence-corrected chi connectivity index (χ4v) is 0.375. The van der Waals surface area contributed by atoms with Crippen LogP contribution in [0.3, 0.4) is 0 Å². The van der Waals surface area contributed by atoms with Crippen LogP contribution >= 0.6 is 0 Å². The molecule has 0 aromatic carbocycles. The van der Waals surface area contributed by atoms with Crippen molar-refractivity contribution in [3.05, 3.63) is 12.3 Å². The third-order valence-corrected chi connectivity index (χ3v) is 0.696. The molecule has 1 rings (SSSR count). The van der Waals surface area contributed by atoms with E-state index in [1.807, 2.05) is 0 Å². The molecule has 0 aromatic heterocycles. The van der Waals surface area contributed by atoms with E-state index in [0.29, 0.717) is 6.61 Å². The summed E-state index contributed by atoms with van der Waals surface area (Å²) in [4.78, 5) is 13.8. The molecule has 0 fully saturated rings. The summed E-state index contributed by atoms with van der Waals surface area (Å²) >= 11 is 0. The van der Waals surface area contributed by atoms with E-state index in [-0.39, 0.29) is 5.91 Å². The summed E-state index contributed by atoms with van der Waals surface area (Å²) < 4.78 is 36.3. The number of hydrogen-bond acceptors (Lipinski definition) is 4. The predicted octanol–water partition coefficient (Wildman–Crippen LogP) is -0.525. The smallest absolute Gasteiger partial charge is 0.394 e. The highest BCUT2D eigenvalue weighted by molar-refractivity contribution is 7.79. The molecule has 1 heterocycles. The Morgan fingerprint density at radius 3 is 2.54 bits per heavy atom. The maximum Gasteiger partial charge on any atom is 0.394 e. The van der Waals surface area contributed by atoms with E-state index in [1.165, 1.54) is 18.6 Å². The lowest BCUT2D eigenvalue weighted by atomic mass is 10.6. The summed E-state index contributed by atoms with van der Waals surface area (Å²) in [6.45, 7) is 0.391. The van der Waals surface area contributed by atoms with Crippen molar-refractivity contribution in [3.8, 4) is 0 Å². The zero-order chi connectivity index (χ0) is 10.3. The Morgan fingerprint density at radius 2 is 2.00 bits per heavy atom. The van der Waals surface area contributed by atoms with Gasteiger partial charge in [-0.3, -0.25) is 13.9 Å². The Hall–Kier alpha value is -1.25. The SMILES string of the molecule is O=C1C=COCC=N1.O=S(=O)(O)O. The van der Waals surface area contributed by atoms with Gasteiger partial charge in [-0.05, 0) is 0 Å². The van der Waals surface area contributed by atoms with Crippen LogP contribution in [0.5, 0.6) is 0 Å². The third kappa shape index (κ3) is 13.7. The van der Waals surface area contributed by atoms with E-state index >= 15 is 0 Å². The van der Waals surface area contributed by atoms with Crippen LogP contribution in [-0.2, 0) is 19.9 Å². The van der Waals surface area contributed by atoms with E-state index in [1.54, 1.807) is 0 Å². The zero-order valence-corrected chi connectivity index (χ0v) is 7.14. The van der Waals surface area contributed by atoms with Crippen LogP contribution in [0.15, 0.2) is 17.3 Å². The molecular formula is C5H7NO6S. The van der Waals surface area contributed by atoms with Gasteiger partial charge in [0, 0.05) is 12.3 Å². The number of rotatable bonds is 0. The summed E-state index contributed by atoms with van der Waals surface area (Å²) in [5.74, 6) is -0.262. The van der Waals surface area contributed by atoms with Gasteiger partial charge in [0.05, 0.1) is 6.26 Å². The molecule has 0 unspecified atom stereocenters. The number of amides is 1. The molecule has 13 heavy (non-hydrogen) atoms. The van der Waals surface area contributed by atoms with Gasteiger partial charge >= 0.3 is 10.4 Å². The number of carbonyl (C=O) groups is 1. The highest BCUT2D eigenvalue weighted by atomic mass is 32.3. The second kappa shape index (κ2) is 5.41. The van der Waals surface area contributed by atoms with Crippen LogP contribution in [-0.4, -0.2) is 36.3 Å². The van der Waals surface area contributed by atoms with E-state index in [9.17, 15) is 4.79 Å². The van der Waals surface area contributed by atoms with Crippen molar-refractivity contribution in [3.63, 3.8) is 0 Å². The highest BCUT2D eigenvalue weighted by Gasteiger charge is 1.91.